The van der Waals surface area contributed by atoms with Crippen LogP contribution in [0.4, 0.5) is 0 Å². The topological polar surface area (TPSA) is 83.8 Å². The molecule has 1 heterocycles. The first-order valence-electron chi connectivity index (χ1n) is 7.68. The molecule has 1 aliphatic rings. The van der Waals surface area contributed by atoms with Crippen molar-refractivity contribution < 1.29 is 22.8 Å². The van der Waals surface area contributed by atoms with Crippen molar-refractivity contribution >= 4 is 21.7 Å². The van der Waals surface area contributed by atoms with Crippen LogP contribution < -0.4 is 0 Å². The number of phenolic OH excluding ortho intramolecular Hbond substituents is 2. The van der Waals surface area contributed by atoms with Gasteiger partial charge in [0, 0.05) is 5.56 Å². The van der Waals surface area contributed by atoms with Crippen LogP contribution >= 0.6 is 11.6 Å². The van der Waals surface area contributed by atoms with Gasteiger partial charge in [0.05, 0.1) is 5.02 Å². The molecule has 3 aromatic rings. The monoisotopic (exact) mass is 388 g/mol. The van der Waals surface area contributed by atoms with E-state index in [2.05, 4.69) is 0 Å². The van der Waals surface area contributed by atoms with Crippen molar-refractivity contribution in [1.82, 2.24) is 0 Å². The van der Waals surface area contributed by atoms with Crippen molar-refractivity contribution in [2.75, 3.05) is 0 Å². The van der Waals surface area contributed by atoms with E-state index >= 15 is 0 Å². The van der Waals surface area contributed by atoms with Crippen LogP contribution in [0.1, 0.15) is 16.7 Å². The molecule has 2 N–H and O–H groups in total. The van der Waals surface area contributed by atoms with Gasteiger partial charge in [-0.3, -0.25) is 0 Å². The number of aromatic hydroxyl groups is 2. The van der Waals surface area contributed by atoms with Crippen molar-refractivity contribution in [3.05, 3.63) is 88.4 Å². The van der Waals surface area contributed by atoms with Gasteiger partial charge in [0.15, 0.2) is 5.60 Å². The van der Waals surface area contributed by atoms with E-state index in [9.17, 15) is 18.6 Å². The van der Waals surface area contributed by atoms with Crippen LogP contribution in [0, 0.1) is 0 Å². The predicted molar refractivity (Wildman–Crippen MR) is 95.8 cm³/mol. The highest BCUT2D eigenvalue weighted by Gasteiger charge is 2.51. The van der Waals surface area contributed by atoms with E-state index in [1.165, 1.54) is 30.3 Å². The third kappa shape index (κ3) is 2.38. The minimum Gasteiger partial charge on any atom is -0.508 e. The Bertz CT molecular complexity index is 1110. The molecule has 1 aliphatic heterocycles. The van der Waals surface area contributed by atoms with E-state index in [1.807, 2.05) is 0 Å². The molecule has 132 valence electrons. The third-order valence-corrected chi connectivity index (χ3v) is 6.07. The van der Waals surface area contributed by atoms with E-state index in [4.69, 9.17) is 15.8 Å². The van der Waals surface area contributed by atoms with Crippen molar-refractivity contribution in [1.29, 1.82) is 0 Å². The maximum atomic E-state index is 12.7. The Morgan fingerprint density at radius 2 is 1.54 bits per heavy atom. The summed E-state index contributed by atoms with van der Waals surface area (Å²) in [4.78, 5) is 0.0669. The Kier molecular flexibility index (Phi) is 3.73. The summed E-state index contributed by atoms with van der Waals surface area (Å²) in [6.07, 6.45) is 0. The van der Waals surface area contributed by atoms with Crippen LogP contribution in [0.2, 0.25) is 5.02 Å². The zero-order valence-electron chi connectivity index (χ0n) is 13.3. The van der Waals surface area contributed by atoms with Gasteiger partial charge < -0.3 is 10.2 Å². The Balaban J connectivity index is 2.10. The van der Waals surface area contributed by atoms with Crippen LogP contribution in [0.3, 0.4) is 0 Å². The molecule has 4 rings (SSSR count). The zero-order valence-corrected chi connectivity index (χ0v) is 14.8. The van der Waals surface area contributed by atoms with Crippen LogP contribution in [0.25, 0.3) is 0 Å². The molecule has 0 aromatic heterocycles. The number of halogens is 1. The van der Waals surface area contributed by atoms with Crippen LogP contribution in [-0.4, -0.2) is 18.6 Å². The van der Waals surface area contributed by atoms with Gasteiger partial charge in [-0.25, -0.2) is 4.18 Å². The van der Waals surface area contributed by atoms with Gasteiger partial charge in [-0.2, -0.15) is 8.42 Å². The third-order valence-electron chi connectivity index (χ3n) is 4.40. The van der Waals surface area contributed by atoms with E-state index in [-0.39, 0.29) is 21.4 Å². The summed E-state index contributed by atoms with van der Waals surface area (Å²) in [5.41, 5.74) is -0.0851. The lowest BCUT2D eigenvalue weighted by atomic mass is 9.80. The number of hydrogen-bond donors (Lipinski definition) is 2. The molecule has 0 fully saturated rings. The Hall–Kier alpha value is -2.54. The summed E-state index contributed by atoms with van der Waals surface area (Å²) >= 11 is 6.07. The van der Waals surface area contributed by atoms with Crippen molar-refractivity contribution in [2.24, 2.45) is 0 Å². The second-order valence-corrected chi connectivity index (χ2v) is 7.85. The lowest BCUT2D eigenvalue weighted by Gasteiger charge is -2.29. The maximum Gasteiger partial charge on any atom is 0.298 e. The normalized spacial score (nSPS) is 20.7. The Morgan fingerprint density at radius 1 is 0.885 bits per heavy atom. The molecule has 0 amide bonds. The van der Waals surface area contributed by atoms with Crippen LogP contribution in [0.15, 0.2) is 71.6 Å². The number of phenols is 2. The smallest absolute Gasteiger partial charge is 0.298 e. The Morgan fingerprint density at radius 3 is 2.23 bits per heavy atom. The highest BCUT2D eigenvalue weighted by molar-refractivity contribution is 7.87. The molecule has 26 heavy (non-hydrogen) atoms. The Labute approximate surface area is 155 Å². The van der Waals surface area contributed by atoms with Gasteiger partial charge >= 0.3 is 0 Å². The minimum absolute atomic E-state index is 0.0433. The lowest BCUT2D eigenvalue weighted by Crippen LogP contribution is -2.29. The minimum atomic E-state index is -4.01. The molecule has 3 aromatic carbocycles. The highest BCUT2D eigenvalue weighted by atomic mass is 35.5. The van der Waals surface area contributed by atoms with Crippen LogP contribution in [-0.2, 0) is 19.9 Å². The van der Waals surface area contributed by atoms with Gasteiger partial charge in [-0.15, -0.1) is 0 Å². The lowest BCUT2D eigenvalue weighted by molar-refractivity contribution is 0.180. The molecule has 5 nitrogen and oxygen atoms in total. The van der Waals surface area contributed by atoms with Crippen molar-refractivity contribution in [2.45, 2.75) is 10.5 Å². The summed E-state index contributed by atoms with van der Waals surface area (Å²) in [6.45, 7) is 0. The molecular formula is C19H13ClO5S. The first-order chi connectivity index (χ1) is 12.3. The van der Waals surface area contributed by atoms with Gasteiger partial charge in [-0.05, 0) is 41.5 Å². The predicted octanol–water partition coefficient (Wildman–Crippen LogP) is 3.76. The molecule has 7 heteroatoms. The number of hydrogen-bond acceptors (Lipinski definition) is 5. The van der Waals surface area contributed by atoms with Gasteiger partial charge in [0.2, 0.25) is 0 Å². The molecule has 0 saturated heterocycles. The molecule has 1 unspecified atom stereocenters. The van der Waals surface area contributed by atoms with E-state index in [0.29, 0.717) is 16.7 Å². The standard InChI is InChI=1S/C19H13ClO5S/c20-16-11-13(7-10-17(16)22)19(12-5-8-14(21)9-6-12)15-3-1-2-4-18(15)26(23,24)25-19/h1-11,21-22H. The summed E-state index contributed by atoms with van der Waals surface area (Å²) in [5.74, 6) is -0.0767. The number of fused-ring (bicyclic) bond motifs is 1. The zero-order chi connectivity index (χ0) is 18.5. The second-order valence-electron chi connectivity index (χ2n) is 5.93. The fourth-order valence-corrected chi connectivity index (χ4v) is 4.83. The first kappa shape index (κ1) is 16.9. The van der Waals surface area contributed by atoms with Gasteiger partial charge in [-0.1, -0.05) is 48.0 Å². The molecule has 0 aliphatic carbocycles. The highest BCUT2D eigenvalue weighted by Crippen LogP contribution is 2.51. The first-order valence-corrected chi connectivity index (χ1v) is 9.47. The largest absolute Gasteiger partial charge is 0.508 e. The summed E-state index contributed by atoms with van der Waals surface area (Å²) in [5, 5.41) is 19.4. The SMILES string of the molecule is O=S1(=O)OC(c2ccc(O)cc2)(c2ccc(O)c(Cl)c2)c2ccccc21. The van der Waals surface area contributed by atoms with Crippen molar-refractivity contribution in [3.8, 4) is 11.5 Å². The average Bonchev–Trinajstić information content (AvgIpc) is 2.87. The van der Waals surface area contributed by atoms with Gasteiger partial charge in [0.1, 0.15) is 16.4 Å². The number of rotatable bonds is 2. The molecule has 0 bridgehead atoms. The fraction of sp³-hybridized carbons (Fsp3) is 0.0526. The maximum absolute atomic E-state index is 12.7. The fourth-order valence-electron chi connectivity index (χ4n) is 3.23. The van der Waals surface area contributed by atoms with E-state index in [1.54, 1.807) is 36.4 Å². The summed E-state index contributed by atoms with van der Waals surface area (Å²) in [6, 6.07) is 17.0. The van der Waals surface area contributed by atoms with Gasteiger partial charge in [0.25, 0.3) is 10.1 Å². The van der Waals surface area contributed by atoms with E-state index < -0.39 is 15.7 Å². The summed E-state index contributed by atoms with van der Waals surface area (Å²) in [7, 11) is -4.01. The second kappa shape index (κ2) is 5.74. The molecule has 0 spiro atoms. The molecule has 0 saturated carbocycles. The molecule has 0 radical (unpaired) electrons. The quantitative estimate of drug-likeness (QED) is 0.653. The molecule has 1 atom stereocenters. The molecular weight excluding hydrogens is 376 g/mol. The number of benzene rings is 3. The van der Waals surface area contributed by atoms with E-state index in [0.717, 1.165) is 0 Å². The van der Waals surface area contributed by atoms with Crippen molar-refractivity contribution in [3.63, 3.8) is 0 Å². The summed E-state index contributed by atoms with van der Waals surface area (Å²) < 4.78 is 31.0. The average molecular weight is 389 g/mol. The van der Waals surface area contributed by atoms with Crippen LogP contribution in [0.5, 0.6) is 11.5 Å².